The SMILES string of the molecule is CS(=O)(=O)c1ccc(-c2cc3cccccc-3c2-c2ccc(F)c(Cl)c2)cc1. The Kier molecular flexibility index (Phi) is 4.69. The van der Waals surface area contributed by atoms with Crippen LogP contribution in [-0.2, 0) is 9.84 Å². The fraction of sp³-hybridized carbons (Fsp3) is 0.0435. The summed E-state index contributed by atoms with van der Waals surface area (Å²) in [6.07, 6.45) is 1.19. The largest absolute Gasteiger partial charge is 0.224 e. The number of hydrogen-bond acceptors (Lipinski definition) is 2. The van der Waals surface area contributed by atoms with Gasteiger partial charge >= 0.3 is 0 Å². The summed E-state index contributed by atoms with van der Waals surface area (Å²) < 4.78 is 37.2. The van der Waals surface area contributed by atoms with E-state index in [0.717, 1.165) is 33.4 Å². The van der Waals surface area contributed by atoms with Gasteiger partial charge in [-0.1, -0.05) is 60.1 Å². The Balaban J connectivity index is 1.98. The minimum Gasteiger partial charge on any atom is -0.224 e. The molecule has 0 heterocycles. The van der Waals surface area contributed by atoms with Crippen molar-refractivity contribution in [2.24, 2.45) is 0 Å². The van der Waals surface area contributed by atoms with Crippen molar-refractivity contribution in [3.63, 3.8) is 0 Å². The van der Waals surface area contributed by atoms with Crippen LogP contribution in [0, 0.1) is 5.82 Å². The summed E-state index contributed by atoms with van der Waals surface area (Å²) >= 11 is 6.04. The van der Waals surface area contributed by atoms with E-state index >= 15 is 0 Å². The first-order valence-corrected chi connectivity index (χ1v) is 10.9. The smallest absolute Gasteiger partial charge is 0.175 e. The number of fused-ring (bicyclic) bond motifs is 1. The second-order valence-electron chi connectivity index (χ2n) is 6.64. The number of benzene rings is 2. The molecular formula is C23H16ClFO2S. The molecule has 0 spiro atoms. The third kappa shape index (κ3) is 3.41. The molecule has 0 N–H and O–H groups in total. The first-order chi connectivity index (χ1) is 13.3. The summed E-state index contributed by atoms with van der Waals surface area (Å²) in [5.74, 6) is -0.467. The lowest BCUT2D eigenvalue weighted by Gasteiger charge is -2.09. The molecule has 0 amide bonds. The summed E-state index contributed by atoms with van der Waals surface area (Å²) in [6, 6.07) is 23.4. The maximum Gasteiger partial charge on any atom is 0.175 e. The van der Waals surface area contributed by atoms with Gasteiger partial charge in [0.2, 0.25) is 0 Å². The standard InChI is InChI=1S/C23H16ClFO2S/c1-28(26,27)18-10-7-15(8-11-18)20-13-16-5-3-2-4-6-19(16)23(20)17-9-12-22(25)21(24)14-17/h2-14H,1H3. The van der Waals surface area contributed by atoms with Gasteiger partial charge in [-0.2, -0.15) is 0 Å². The molecule has 2 aliphatic carbocycles. The summed E-state index contributed by atoms with van der Waals surface area (Å²) in [5, 5.41) is 0.0607. The molecule has 4 rings (SSSR count). The molecule has 2 aromatic carbocycles. The molecule has 0 unspecified atom stereocenters. The first-order valence-electron chi connectivity index (χ1n) is 8.62. The third-order valence-corrected chi connectivity index (χ3v) is 6.13. The summed E-state index contributed by atoms with van der Waals surface area (Å²) in [7, 11) is -3.27. The Morgan fingerprint density at radius 1 is 0.750 bits per heavy atom. The van der Waals surface area contributed by atoms with E-state index in [0.29, 0.717) is 0 Å². The predicted molar refractivity (Wildman–Crippen MR) is 112 cm³/mol. The zero-order valence-electron chi connectivity index (χ0n) is 15.0. The van der Waals surface area contributed by atoms with Crippen LogP contribution < -0.4 is 0 Å². The van der Waals surface area contributed by atoms with Crippen LogP contribution in [0.5, 0.6) is 0 Å². The molecule has 0 radical (unpaired) electrons. The van der Waals surface area contributed by atoms with Gasteiger partial charge in [-0.25, -0.2) is 12.8 Å². The van der Waals surface area contributed by atoms with Crippen LogP contribution in [0.15, 0.2) is 83.8 Å². The van der Waals surface area contributed by atoms with Gasteiger partial charge in [0, 0.05) is 6.26 Å². The second kappa shape index (κ2) is 7.04. The lowest BCUT2D eigenvalue weighted by molar-refractivity contribution is 0.602. The third-order valence-electron chi connectivity index (χ3n) is 4.71. The van der Waals surface area contributed by atoms with Crippen molar-refractivity contribution in [2.45, 2.75) is 4.90 Å². The molecule has 0 atom stereocenters. The highest BCUT2D eigenvalue weighted by Crippen LogP contribution is 2.44. The molecule has 0 aromatic heterocycles. The second-order valence-corrected chi connectivity index (χ2v) is 9.06. The van der Waals surface area contributed by atoms with E-state index in [2.05, 4.69) is 6.07 Å². The number of sulfone groups is 1. The number of rotatable bonds is 3. The summed E-state index contributed by atoms with van der Waals surface area (Å²) in [6.45, 7) is 0. The maximum atomic E-state index is 13.7. The maximum absolute atomic E-state index is 13.7. The molecule has 0 saturated heterocycles. The van der Waals surface area contributed by atoms with Crippen molar-refractivity contribution >= 4 is 21.4 Å². The minimum atomic E-state index is -3.27. The zero-order chi connectivity index (χ0) is 19.9. The molecule has 0 aliphatic heterocycles. The lowest BCUT2D eigenvalue weighted by Crippen LogP contribution is -1.96. The van der Waals surface area contributed by atoms with Crippen molar-refractivity contribution in [2.75, 3.05) is 6.26 Å². The van der Waals surface area contributed by atoms with Gasteiger partial charge in [0.05, 0.1) is 9.92 Å². The van der Waals surface area contributed by atoms with Gasteiger partial charge < -0.3 is 0 Å². The van der Waals surface area contributed by atoms with E-state index in [1.807, 2.05) is 30.3 Å². The molecule has 5 heteroatoms. The molecular weight excluding hydrogens is 395 g/mol. The molecule has 0 bridgehead atoms. The van der Waals surface area contributed by atoms with E-state index < -0.39 is 15.7 Å². The molecule has 2 aromatic rings. The van der Waals surface area contributed by atoms with E-state index in [1.54, 1.807) is 36.4 Å². The Morgan fingerprint density at radius 3 is 2.11 bits per heavy atom. The van der Waals surface area contributed by atoms with Crippen molar-refractivity contribution in [3.8, 4) is 33.4 Å². The van der Waals surface area contributed by atoms with Crippen LogP contribution in [0.2, 0.25) is 5.02 Å². The van der Waals surface area contributed by atoms with Gasteiger partial charge in [-0.15, -0.1) is 0 Å². The van der Waals surface area contributed by atoms with Crippen molar-refractivity contribution in [1.29, 1.82) is 0 Å². The molecule has 2 nitrogen and oxygen atoms in total. The van der Waals surface area contributed by atoms with E-state index in [9.17, 15) is 12.8 Å². The van der Waals surface area contributed by atoms with Gasteiger partial charge in [-0.3, -0.25) is 0 Å². The van der Waals surface area contributed by atoms with E-state index in [-0.39, 0.29) is 9.92 Å². The Bertz CT molecular complexity index is 1250. The highest BCUT2D eigenvalue weighted by atomic mass is 35.5. The van der Waals surface area contributed by atoms with Crippen LogP contribution in [0.1, 0.15) is 0 Å². The average molecular weight is 411 g/mol. The zero-order valence-corrected chi connectivity index (χ0v) is 16.6. The Morgan fingerprint density at radius 2 is 1.43 bits per heavy atom. The molecule has 2 aliphatic rings. The van der Waals surface area contributed by atoms with Crippen LogP contribution in [0.3, 0.4) is 0 Å². The summed E-state index contributed by atoms with van der Waals surface area (Å²) in [5.41, 5.74) is 5.58. The van der Waals surface area contributed by atoms with Crippen LogP contribution in [0.4, 0.5) is 4.39 Å². The van der Waals surface area contributed by atoms with Crippen LogP contribution in [0.25, 0.3) is 33.4 Å². The first kappa shape index (κ1) is 18.7. The molecule has 28 heavy (non-hydrogen) atoms. The molecule has 140 valence electrons. The Hall–Kier alpha value is -2.69. The van der Waals surface area contributed by atoms with E-state index in [4.69, 9.17) is 11.6 Å². The predicted octanol–water partition coefficient (Wildman–Crippen LogP) is 6.32. The highest BCUT2D eigenvalue weighted by Gasteiger charge is 2.19. The fourth-order valence-electron chi connectivity index (χ4n) is 3.36. The van der Waals surface area contributed by atoms with Crippen LogP contribution in [-0.4, -0.2) is 14.7 Å². The van der Waals surface area contributed by atoms with Gasteiger partial charge in [0.25, 0.3) is 0 Å². The summed E-state index contributed by atoms with van der Waals surface area (Å²) in [4.78, 5) is 0.269. The van der Waals surface area contributed by atoms with Crippen molar-refractivity contribution in [3.05, 3.63) is 89.7 Å². The lowest BCUT2D eigenvalue weighted by atomic mass is 9.96. The van der Waals surface area contributed by atoms with Gasteiger partial charge in [0.15, 0.2) is 9.84 Å². The number of hydrogen-bond donors (Lipinski definition) is 0. The molecule has 0 saturated carbocycles. The van der Waals surface area contributed by atoms with Crippen LogP contribution >= 0.6 is 11.6 Å². The van der Waals surface area contributed by atoms with Gasteiger partial charge in [-0.05, 0) is 63.7 Å². The molecule has 0 fully saturated rings. The monoisotopic (exact) mass is 410 g/mol. The topological polar surface area (TPSA) is 34.1 Å². The minimum absolute atomic E-state index is 0.0607. The van der Waals surface area contributed by atoms with E-state index in [1.165, 1.54) is 12.3 Å². The number of halogens is 2. The Labute approximate surface area is 168 Å². The van der Waals surface area contributed by atoms with Crippen molar-refractivity contribution < 1.29 is 12.8 Å². The van der Waals surface area contributed by atoms with Gasteiger partial charge in [0.1, 0.15) is 5.82 Å². The average Bonchev–Trinajstić information content (AvgIpc) is 2.86. The normalized spacial score (nSPS) is 11.7. The highest BCUT2D eigenvalue weighted by molar-refractivity contribution is 7.90. The quantitative estimate of drug-likeness (QED) is 0.396. The fourth-order valence-corrected chi connectivity index (χ4v) is 4.17. The van der Waals surface area contributed by atoms with Crippen molar-refractivity contribution in [1.82, 2.24) is 0 Å².